The molecule has 1 saturated heterocycles. The number of carbonyl (C=O) groups excluding carboxylic acids is 2. The SMILES string of the molecule is CNC(=O)C1CCCN1C(=O)c1ccc(CBr)cc1. The fraction of sp³-hybridized carbons (Fsp3) is 0.429. The minimum atomic E-state index is -0.326. The molecule has 1 heterocycles. The van der Waals surface area contributed by atoms with Gasteiger partial charge in [-0.25, -0.2) is 0 Å². The number of nitrogens with zero attached hydrogens (tertiary/aromatic N) is 1. The van der Waals surface area contributed by atoms with Crippen molar-refractivity contribution >= 4 is 27.7 Å². The molecule has 0 aliphatic carbocycles. The number of halogens is 1. The average molecular weight is 325 g/mol. The van der Waals surface area contributed by atoms with Crippen molar-refractivity contribution in [1.82, 2.24) is 10.2 Å². The fourth-order valence-corrected chi connectivity index (χ4v) is 2.73. The van der Waals surface area contributed by atoms with E-state index in [1.54, 1.807) is 11.9 Å². The topological polar surface area (TPSA) is 49.4 Å². The van der Waals surface area contributed by atoms with Gasteiger partial charge in [-0.1, -0.05) is 28.1 Å². The Kier molecular flexibility index (Phi) is 4.58. The highest BCUT2D eigenvalue weighted by Crippen LogP contribution is 2.20. The molecule has 0 spiro atoms. The van der Waals surface area contributed by atoms with E-state index in [1.165, 1.54) is 0 Å². The van der Waals surface area contributed by atoms with Crippen LogP contribution >= 0.6 is 15.9 Å². The Hall–Kier alpha value is -1.36. The highest BCUT2D eigenvalue weighted by Gasteiger charge is 2.33. The maximum absolute atomic E-state index is 12.4. The van der Waals surface area contributed by atoms with Crippen LogP contribution in [0.4, 0.5) is 0 Å². The predicted molar refractivity (Wildman–Crippen MR) is 77.2 cm³/mol. The monoisotopic (exact) mass is 324 g/mol. The van der Waals surface area contributed by atoms with Crippen LogP contribution in [-0.4, -0.2) is 36.3 Å². The fourth-order valence-electron chi connectivity index (χ4n) is 2.35. The summed E-state index contributed by atoms with van der Waals surface area (Å²) < 4.78 is 0. The van der Waals surface area contributed by atoms with E-state index in [0.717, 1.165) is 23.7 Å². The molecule has 1 aliphatic rings. The predicted octanol–water partition coefficient (Wildman–Crippen LogP) is 1.93. The summed E-state index contributed by atoms with van der Waals surface area (Å²) >= 11 is 3.38. The third kappa shape index (κ3) is 2.97. The van der Waals surface area contributed by atoms with E-state index in [4.69, 9.17) is 0 Å². The number of carbonyl (C=O) groups is 2. The Morgan fingerprint density at radius 3 is 2.63 bits per heavy atom. The van der Waals surface area contributed by atoms with Gasteiger partial charge in [-0.3, -0.25) is 9.59 Å². The van der Waals surface area contributed by atoms with E-state index >= 15 is 0 Å². The molecule has 0 saturated carbocycles. The van der Waals surface area contributed by atoms with Crippen molar-refractivity contribution in [1.29, 1.82) is 0 Å². The van der Waals surface area contributed by atoms with Crippen LogP contribution in [0.25, 0.3) is 0 Å². The minimum absolute atomic E-state index is 0.0628. The van der Waals surface area contributed by atoms with Gasteiger partial charge < -0.3 is 10.2 Å². The Bertz CT molecular complexity index is 473. The van der Waals surface area contributed by atoms with Gasteiger partial charge >= 0.3 is 0 Å². The normalized spacial score (nSPS) is 18.4. The van der Waals surface area contributed by atoms with Gasteiger partial charge in [0.25, 0.3) is 5.91 Å². The molecule has 1 fully saturated rings. The largest absolute Gasteiger partial charge is 0.357 e. The van der Waals surface area contributed by atoms with Crippen molar-refractivity contribution in [3.8, 4) is 0 Å². The molecular formula is C14H17BrN2O2. The molecular weight excluding hydrogens is 308 g/mol. The van der Waals surface area contributed by atoms with Crippen LogP contribution < -0.4 is 5.32 Å². The number of hydrogen-bond acceptors (Lipinski definition) is 2. The lowest BCUT2D eigenvalue weighted by molar-refractivity contribution is -0.124. The number of amides is 2. The second-order valence-corrected chi connectivity index (χ2v) is 5.16. The van der Waals surface area contributed by atoms with Gasteiger partial charge in [-0.2, -0.15) is 0 Å². The summed E-state index contributed by atoms with van der Waals surface area (Å²) in [6, 6.07) is 7.16. The zero-order valence-corrected chi connectivity index (χ0v) is 12.4. The van der Waals surface area contributed by atoms with Crippen LogP contribution in [0.15, 0.2) is 24.3 Å². The molecule has 1 aliphatic heterocycles. The van der Waals surface area contributed by atoms with Crippen LogP contribution in [0.5, 0.6) is 0 Å². The molecule has 5 heteroatoms. The van der Waals surface area contributed by atoms with Crippen molar-refractivity contribution < 1.29 is 9.59 Å². The number of rotatable bonds is 3. The summed E-state index contributed by atoms with van der Waals surface area (Å²) in [5.74, 6) is -0.143. The van der Waals surface area contributed by atoms with E-state index in [0.29, 0.717) is 12.1 Å². The Balaban J connectivity index is 2.15. The quantitative estimate of drug-likeness (QED) is 0.864. The summed E-state index contributed by atoms with van der Waals surface area (Å²) in [5, 5.41) is 3.39. The average Bonchev–Trinajstić information content (AvgIpc) is 2.95. The summed E-state index contributed by atoms with van der Waals surface area (Å²) in [4.78, 5) is 25.8. The number of benzene rings is 1. The number of nitrogens with one attached hydrogen (secondary N) is 1. The van der Waals surface area contributed by atoms with Crippen LogP contribution in [0.2, 0.25) is 0 Å². The highest BCUT2D eigenvalue weighted by atomic mass is 79.9. The number of likely N-dealkylation sites (tertiary alicyclic amines) is 1. The van der Waals surface area contributed by atoms with Crippen LogP contribution in [0.1, 0.15) is 28.8 Å². The van der Waals surface area contributed by atoms with Crippen LogP contribution in [0.3, 0.4) is 0 Å². The lowest BCUT2D eigenvalue weighted by Crippen LogP contribution is -2.44. The van der Waals surface area contributed by atoms with Gasteiger partial charge in [0.05, 0.1) is 0 Å². The molecule has 1 aromatic rings. The first-order chi connectivity index (χ1) is 9.17. The second kappa shape index (κ2) is 6.19. The van der Waals surface area contributed by atoms with Crippen LogP contribution in [0, 0.1) is 0 Å². The van der Waals surface area contributed by atoms with Crippen LogP contribution in [-0.2, 0) is 10.1 Å². The van der Waals surface area contributed by atoms with E-state index in [9.17, 15) is 9.59 Å². The maximum Gasteiger partial charge on any atom is 0.254 e. The first-order valence-corrected chi connectivity index (χ1v) is 7.47. The summed E-state index contributed by atoms with van der Waals surface area (Å²) in [7, 11) is 1.61. The molecule has 2 rings (SSSR count). The van der Waals surface area contributed by atoms with E-state index in [-0.39, 0.29) is 17.9 Å². The molecule has 0 radical (unpaired) electrons. The van der Waals surface area contributed by atoms with Gasteiger partial charge in [-0.15, -0.1) is 0 Å². The van der Waals surface area contributed by atoms with Gasteiger partial charge in [0.1, 0.15) is 6.04 Å². The third-order valence-corrected chi connectivity index (χ3v) is 4.07. The lowest BCUT2D eigenvalue weighted by Gasteiger charge is -2.23. The summed E-state index contributed by atoms with van der Waals surface area (Å²) in [5.41, 5.74) is 1.77. The minimum Gasteiger partial charge on any atom is -0.357 e. The second-order valence-electron chi connectivity index (χ2n) is 4.60. The Morgan fingerprint density at radius 1 is 1.37 bits per heavy atom. The number of hydrogen-bond donors (Lipinski definition) is 1. The van der Waals surface area contributed by atoms with Gasteiger partial charge in [0, 0.05) is 24.5 Å². The molecule has 102 valence electrons. The molecule has 1 unspecified atom stereocenters. The van der Waals surface area contributed by atoms with Crippen molar-refractivity contribution in [3.05, 3.63) is 35.4 Å². The summed E-state index contributed by atoms with van der Waals surface area (Å²) in [6.45, 7) is 0.650. The Morgan fingerprint density at radius 2 is 2.05 bits per heavy atom. The Labute approximate surface area is 121 Å². The zero-order valence-electron chi connectivity index (χ0n) is 10.9. The van der Waals surface area contributed by atoms with E-state index in [1.807, 2.05) is 24.3 Å². The number of likely N-dealkylation sites (N-methyl/N-ethyl adjacent to an activating group) is 1. The smallest absolute Gasteiger partial charge is 0.254 e. The van der Waals surface area contributed by atoms with E-state index < -0.39 is 0 Å². The first-order valence-electron chi connectivity index (χ1n) is 6.35. The third-order valence-electron chi connectivity index (χ3n) is 3.42. The highest BCUT2D eigenvalue weighted by molar-refractivity contribution is 9.08. The molecule has 4 nitrogen and oxygen atoms in total. The molecule has 19 heavy (non-hydrogen) atoms. The maximum atomic E-state index is 12.4. The molecule has 1 atom stereocenters. The van der Waals surface area contributed by atoms with Crippen molar-refractivity contribution in [2.24, 2.45) is 0 Å². The van der Waals surface area contributed by atoms with Crippen molar-refractivity contribution in [3.63, 3.8) is 0 Å². The van der Waals surface area contributed by atoms with E-state index in [2.05, 4.69) is 21.2 Å². The summed E-state index contributed by atoms with van der Waals surface area (Å²) in [6.07, 6.45) is 1.62. The zero-order chi connectivity index (χ0) is 13.8. The molecule has 0 aromatic heterocycles. The lowest BCUT2D eigenvalue weighted by atomic mass is 10.1. The van der Waals surface area contributed by atoms with Gasteiger partial charge in [-0.05, 0) is 30.5 Å². The van der Waals surface area contributed by atoms with Crippen molar-refractivity contribution in [2.45, 2.75) is 24.2 Å². The molecule has 0 bridgehead atoms. The molecule has 1 N–H and O–H groups in total. The first kappa shape index (κ1) is 14.1. The number of alkyl halides is 1. The standard InChI is InChI=1S/C14H17BrN2O2/c1-16-13(18)12-3-2-8-17(12)14(19)11-6-4-10(9-15)5-7-11/h4-7,12H,2-3,8-9H2,1H3,(H,16,18). The van der Waals surface area contributed by atoms with Crippen molar-refractivity contribution in [2.75, 3.05) is 13.6 Å². The molecule has 1 aromatic carbocycles. The van der Waals surface area contributed by atoms with Gasteiger partial charge in [0.15, 0.2) is 0 Å². The van der Waals surface area contributed by atoms with Gasteiger partial charge in [0.2, 0.25) is 5.91 Å². The molecule has 2 amide bonds.